The molecule has 4 N–H and O–H groups in total. The van der Waals surface area contributed by atoms with Crippen molar-refractivity contribution in [3.8, 4) is 23.2 Å². The Morgan fingerprint density at radius 3 is 2.15 bits per heavy atom. The summed E-state index contributed by atoms with van der Waals surface area (Å²) in [6, 6.07) is 6.30. The molecule has 0 saturated carbocycles. The first-order valence-corrected chi connectivity index (χ1v) is 11.7. The Hall–Kier alpha value is -3.93. The van der Waals surface area contributed by atoms with Crippen LogP contribution in [0.25, 0.3) is 10.5 Å². The van der Waals surface area contributed by atoms with Crippen LogP contribution in [0.1, 0.15) is 35.6 Å². The molecule has 2 aliphatic rings. The molecule has 8 nitrogen and oxygen atoms in total. The molecule has 3 heterocycles. The van der Waals surface area contributed by atoms with E-state index >= 15 is 0 Å². The van der Waals surface area contributed by atoms with Crippen molar-refractivity contribution in [2.45, 2.75) is 49.1 Å². The summed E-state index contributed by atoms with van der Waals surface area (Å²) in [5.41, 5.74) is -7.31. The van der Waals surface area contributed by atoms with Crippen molar-refractivity contribution < 1.29 is 56.2 Å². The number of benzene rings is 2. The average molecular weight is 570 g/mol. The molecule has 3 aromatic rings. The van der Waals surface area contributed by atoms with Gasteiger partial charge >= 0.3 is 12.4 Å². The maximum Gasteiger partial charge on any atom is 0.416 e. The van der Waals surface area contributed by atoms with E-state index in [9.17, 15) is 46.8 Å². The van der Waals surface area contributed by atoms with Crippen molar-refractivity contribution in [3.63, 3.8) is 0 Å². The standard InChI is InChI=1S/C26H20F6N2O6/c1-23-17-18(22(38)34(21(17)37)13-5-8-16(33-2)15(11-13)26(30,31)32)24(40-23,20(36)19(23)35)9-10-39-14-6-3-12(4-7-14)25(27,28)29/h3-8,11,19-20,35-38H,9-10H2,1H3/t19?,20-,23?,24?/m0/s1. The van der Waals surface area contributed by atoms with Crippen molar-refractivity contribution in [2.75, 3.05) is 6.61 Å². The van der Waals surface area contributed by atoms with Gasteiger partial charge in [-0.25, -0.2) is 4.85 Å². The Morgan fingerprint density at radius 2 is 1.57 bits per heavy atom. The lowest BCUT2D eigenvalue weighted by atomic mass is 9.74. The van der Waals surface area contributed by atoms with Crippen LogP contribution < -0.4 is 4.74 Å². The lowest BCUT2D eigenvalue weighted by molar-refractivity contribution is -0.138. The van der Waals surface area contributed by atoms with Crippen molar-refractivity contribution >= 4 is 5.69 Å². The summed E-state index contributed by atoms with van der Waals surface area (Å²) in [4.78, 5) is 2.86. The number of ether oxygens (including phenoxy) is 2. The van der Waals surface area contributed by atoms with Crippen LogP contribution in [0.5, 0.6) is 17.5 Å². The Morgan fingerprint density at radius 1 is 0.950 bits per heavy atom. The first-order chi connectivity index (χ1) is 18.6. The summed E-state index contributed by atoms with van der Waals surface area (Å²) in [6.07, 6.45) is -13.1. The van der Waals surface area contributed by atoms with Gasteiger partial charge in [-0.15, -0.1) is 0 Å². The van der Waals surface area contributed by atoms with Gasteiger partial charge in [-0.3, -0.25) is 4.57 Å². The number of aliphatic hydroxyl groups excluding tert-OH is 2. The number of alkyl halides is 6. The molecule has 14 heteroatoms. The maximum atomic E-state index is 13.6. The molecule has 4 atom stereocenters. The van der Waals surface area contributed by atoms with Crippen molar-refractivity contribution in [3.05, 3.63) is 76.1 Å². The number of hydrogen-bond acceptors (Lipinski definition) is 6. The van der Waals surface area contributed by atoms with Gasteiger partial charge in [0.2, 0.25) is 11.8 Å². The Labute approximate surface area is 222 Å². The van der Waals surface area contributed by atoms with Gasteiger partial charge in [0.25, 0.3) is 0 Å². The molecule has 1 fully saturated rings. The van der Waals surface area contributed by atoms with Gasteiger partial charge in [-0.1, -0.05) is 6.07 Å². The van der Waals surface area contributed by atoms with Crippen LogP contribution in [0.4, 0.5) is 32.0 Å². The highest BCUT2D eigenvalue weighted by molar-refractivity contribution is 5.65. The fourth-order valence-electron chi connectivity index (χ4n) is 5.49. The molecule has 0 spiro atoms. The highest BCUT2D eigenvalue weighted by Gasteiger charge is 2.71. The molecule has 1 saturated heterocycles. The molecule has 2 aliphatic heterocycles. The van der Waals surface area contributed by atoms with Gasteiger partial charge in [-0.05, 0) is 43.3 Å². The van der Waals surface area contributed by atoms with E-state index < -0.39 is 64.3 Å². The molecule has 0 amide bonds. The third kappa shape index (κ3) is 3.87. The molecule has 3 unspecified atom stereocenters. The molecule has 5 rings (SSSR count). The van der Waals surface area contributed by atoms with E-state index in [0.717, 1.165) is 36.4 Å². The van der Waals surface area contributed by atoms with Gasteiger partial charge in [0.1, 0.15) is 29.2 Å². The fraction of sp³-hybridized carbons (Fsp3) is 0.346. The highest BCUT2D eigenvalue weighted by atomic mass is 19.4. The fourth-order valence-corrected chi connectivity index (χ4v) is 5.49. The predicted molar refractivity (Wildman–Crippen MR) is 124 cm³/mol. The molecular formula is C26H20F6N2O6. The zero-order valence-electron chi connectivity index (χ0n) is 20.4. The minimum Gasteiger partial charge on any atom is -0.494 e. The van der Waals surface area contributed by atoms with E-state index in [1.807, 2.05) is 0 Å². The van der Waals surface area contributed by atoms with Gasteiger partial charge in [0.05, 0.1) is 41.1 Å². The van der Waals surface area contributed by atoms with Crippen LogP contribution in [0.15, 0.2) is 42.5 Å². The van der Waals surface area contributed by atoms with Crippen molar-refractivity contribution in [1.29, 1.82) is 0 Å². The largest absolute Gasteiger partial charge is 0.494 e. The second kappa shape index (κ2) is 8.79. The summed E-state index contributed by atoms with van der Waals surface area (Å²) in [6.45, 7) is 8.03. The minimum absolute atomic E-state index is 0.0441. The van der Waals surface area contributed by atoms with E-state index in [4.69, 9.17) is 16.0 Å². The lowest BCUT2D eigenvalue weighted by Gasteiger charge is -2.32. The summed E-state index contributed by atoms with van der Waals surface area (Å²) in [7, 11) is 0. The van der Waals surface area contributed by atoms with Gasteiger partial charge in [0.15, 0.2) is 5.69 Å². The number of fused-ring (bicyclic) bond motifs is 5. The van der Waals surface area contributed by atoms with E-state index in [-0.39, 0.29) is 35.6 Å². The van der Waals surface area contributed by atoms with Gasteiger partial charge < -0.3 is 29.9 Å². The van der Waals surface area contributed by atoms with Crippen molar-refractivity contribution in [1.82, 2.24) is 4.57 Å². The Balaban J connectivity index is 1.53. The lowest BCUT2D eigenvalue weighted by Crippen LogP contribution is -2.46. The summed E-state index contributed by atoms with van der Waals surface area (Å²) < 4.78 is 91.4. The number of halogens is 6. The van der Waals surface area contributed by atoms with Crippen LogP contribution in [-0.4, -0.2) is 43.8 Å². The number of aliphatic hydroxyl groups is 2. The quantitative estimate of drug-likeness (QED) is 0.251. The SMILES string of the molecule is [C-]#[N+]c1ccc(-n2c(O)c3c(c2O)C2(CCOc4ccc(C(F)(F)F)cc4)OC3(C)C(O)[C@@H]2O)cc1C(F)(F)F. The second-order valence-corrected chi connectivity index (χ2v) is 9.65. The summed E-state index contributed by atoms with van der Waals surface area (Å²) in [5.74, 6) is -1.49. The minimum atomic E-state index is -4.92. The predicted octanol–water partition coefficient (Wildman–Crippen LogP) is 5.12. The first kappa shape index (κ1) is 27.6. The third-order valence-electron chi connectivity index (χ3n) is 7.36. The normalized spacial score (nSPS) is 25.6. The number of aromatic nitrogens is 1. The molecule has 0 radical (unpaired) electrons. The highest BCUT2D eigenvalue weighted by Crippen LogP contribution is 2.65. The number of nitrogens with zero attached hydrogens (tertiary/aromatic N) is 2. The first-order valence-electron chi connectivity index (χ1n) is 11.7. The van der Waals surface area contributed by atoms with E-state index in [0.29, 0.717) is 10.6 Å². The molecule has 2 aromatic carbocycles. The molecular weight excluding hydrogens is 550 g/mol. The molecule has 212 valence electrons. The van der Waals surface area contributed by atoms with Crippen LogP contribution in [0.2, 0.25) is 0 Å². The monoisotopic (exact) mass is 570 g/mol. The zero-order valence-corrected chi connectivity index (χ0v) is 20.4. The number of aromatic hydroxyl groups is 2. The third-order valence-corrected chi connectivity index (χ3v) is 7.36. The smallest absolute Gasteiger partial charge is 0.416 e. The number of rotatable bonds is 5. The van der Waals surface area contributed by atoms with E-state index in [2.05, 4.69) is 4.85 Å². The average Bonchev–Trinajstić information content (AvgIpc) is 3.39. The molecule has 2 bridgehead atoms. The topological polar surface area (TPSA) is 109 Å². The number of hydrogen-bond donors (Lipinski definition) is 4. The zero-order chi connectivity index (χ0) is 29.4. The van der Waals surface area contributed by atoms with Crippen LogP contribution >= 0.6 is 0 Å². The molecule has 0 aliphatic carbocycles. The van der Waals surface area contributed by atoms with E-state index in [1.165, 1.54) is 6.92 Å². The molecule has 1 aromatic heterocycles. The van der Waals surface area contributed by atoms with Gasteiger partial charge in [0, 0.05) is 6.42 Å². The second-order valence-electron chi connectivity index (χ2n) is 9.65. The summed E-state index contributed by atoms with van der Waals surface area (Å²) in [5, 5.41) is 44.0. The molecule has 40 heavy (non-hydrogen) atoms. The Bertz CT molecular complexity index is 1530. The Kier molecular flexibility index (Phi) is 6.07. The van der Waals surface area contributed by atoms with Crippen LogP contribution in [-0.2, 0) is 28.3 Å². The maximum absolute atomic E-state index is 13.6. The van der Waals surface area contributed by atoms with Gasteiger partial charge in [-0.2, -0.15) is 26.3 Å². The van der Waals surface area contributed by atoms with Crippen LogP contribution in [0.3, 0.4) is 0 Å². The van der Waals surface area contributed by atoms with Crippen LogP contribution in [0, 0.1) is 6.57 Å². The van der Waals surface area contributed by atoms with E-state index in [1.54, 1.807) is 0 Å². The van der Waals surface area contributed by atoms with Crippen molar-refractivity contribution in [2.24, 2.45) is 0 Å². The summed E-state index contributed by atoms with van der Waals surface area (Å²) >= 11 is 0.